The van der Waals surface area contributed by atoms with Crippen LogP contribution in [0.3, 0.4) is 0 Å². The summed E-state index contributed by atoms with van der Waals surface area (Å²) in [7, 11) is 0. The Bertz CT molecular complexity index is 445. The Morgan fingerprint density at radius 1 is 1.40 bits per heavy atom. The molecule has 0 heterocycles. The van der Waals surface area contributed by atoms with Gasteiger partial charge < -0.3 is 10.1 Å². The first-order valence-electron chi connectivity index (χ1n) is 7.65. The predicted octanol–water partition coefficient (Wildman–Crippen LogP) is 4.91. The lowest BCUT2D eigenvalue weighted by Crippen LogP contribution is -2.27. The smallest absolute Gasteiger partial charge is 0.123 e. The van der Waals surface area contributed by atoms with E-state index in [1.807, 2.05) is 6.07 Å². The SMILES string of the molecule is CCCOc1ccc(Br)cc1CNC1CCC(C)(C)C1. The molecule has 1 fully saturated rings. The van der Waals surface area contributed by atoms with Gasteiger partial charge in [0.05, 0.1) is 6.61 Å². The molecular weight excluding hydrogens is 314 g/mol. The first kappa shape index (κ1) is 15.8. The van der Waals surface area contributed by atoms with Gasteiger partial charge in [-0.15, -0.1) is 0 Å². The second-order valence-electron chi connectivity index (χ2n) is 6.59. The summed E-state index contributed by atoms with van der Waals surface area (Å²) in [5, 5.41) is 3.70. The number of benzene rings is 1. The van der Waals surface area contributed by atoms with Crippen molar-refractivity contribution in [1.29, 1.82) is 0 Å². The lowest BCUT2D eigenvalue weighted by atomic mass is 9.92. The molecule has 1 aliphatic carbocycles. The zero-order valence-electron chi connectivity index (χ0n) is 12.8. The summed E-state index contributed by atoms with van der Waals surface area (Å²) in [6, 6.07) is 6.92. The van der Waals surface area contributed by atoms with Gasteiger partial charge in [0.2, 0.25) is 0 Å². The van der Waals surface area contributed by atoms with Crippen molar-refractivity contribution in [3.8, 4) is 5.75 Å². The fourth-order valence-electron chi connectivity index (χ4n) is 2.90. The van der Waals surface area contributed by atoms with Gasteiger partial charge in [-0.2, -0.15) is 0 Å². The Balaban J connectivity index is 1.96. The molecule has 20 heavy (non-hydrogen) atoms. The highest BCUT2D eigenvalue weighted by Gasteiger charge is 2.30. The minimum absolute atomic E-state index is 0.497. The van der Waals surface area contributed by atoms with E-state index in [-0.39, 0.29) is 0 Å². The van der Waals surface area contributed by atoms with E-state index in [0.29, 0.717) is 11.5 Å². The van der Waals surface area contributed by atoms with Gasteiger partial charge >= 0.3 is 0 Å². The van der Waals surface area contributed by atoms with Crippen LogP contribution < -0.4 is 10.1 Å². The molecule has 1 aliphatic rings. The van der Waals surface area contributed by atoms with E-state index in [0.717, 1.165) is 29.8 Å². The summed E-state index contributed by atoms with van der Waals surface area (Å²) in [5.74, 6) is 1.01. The van der Waals surface area contributed by atoms with Gasteiger partial charge in [-0.3, -0.25) is 0 Å². The molecule has 2 nitrogen and oxygen atoms in total. The van der Waals surface area contributed by atoms with Crippen molar-refractivity contribution in [1.82, 2.24) is 5.32 Å². The molecule has 1 saturated carbocycles. The maximum Gasteiger partial charge on any atom is 0.123 e. The average molecular weight is 340 g/mol. The predicted molar refractivity (Wildman–Crippen MR) is 88.2 cm³/mol. The number of hydrogen-bond donors (Lipinski definition) is 1. The van der Waals surface area contributed by atoms with Crippen LogP contribution in [-0.2, 0) is 6.54 Å². The van der Waals surface area contributed by atoms with E-state index in [2.05, 4.69) is 54.2 Å². The van der Waals surface area contributed by atoms with Crippen LogP contribution in [0.2, 0.25) is 0 Å². The molecule has 3 heteroatoms. The maximum absolute atomic E-state index is 5.84. The molecule has 1 N–H and O–H groups in total. The summed E-state index contributed by atoms with van der Waals surface area (Å²) in [5.41, 5.74) is 1.74. The van der Waals surface area contributed by atoms with Crippen LogP contribution in [0, 0.1) is 5.41 Å². The molecule has 1 atom stereocenters. The van der Waals surface area contributed by atoms with Gasteiger partial charge in [-0.25, -0.2) is 0 Å². The number of halogens is 1. The average Bonchev–Trinajstić information content (AvgIpc) is 2.75. The van der Waals surface area contributed by atoms with Gasteiger partial charge in [0.15, 0.2) is 0 Å². The third-order valence-electron chi connectivity index (χ3n) is 4.03. The molecule has 0 aromatic heterocycles. The summed E-state index contributed by atoms with van der Waals surface area (Å²) in [6.45, 7) is 8.54. The quantitative estimate of drug-likeness (QED) is 0.795. The van der Waals surface area contributed by atoms with Crippen molar-refractivity contribution in [3.63, 3.8) is 0 Å². The van der Waals surface area contributed by atoms with E-state index in [9.17, 15) is 0 Å². The van der Waals surface area contributed by atoms with Crippen molar-refractivity contribution in [2.75, 3.05) is 6.61 Å². The third kappa shape index (κ3) is 4.49. The lowest BCUT2D eigenvalue weighted by molar-refractivity contribution is 0.312. The fraction of sp³-hybridized carbons (Fsp3) is 0.647. The van der Waals surface area contributed by atoms with Crippen molar-refractivity contribution in [3.05, 3.63) is 28.2 Å². The molecule has 0 amide bonds. The molecule has 1 unspecified atom stereocenters. The molecule has 1 aromatic rings. The Morgan fingerprint density at radius 3 is 2.85 bits per heavy atom. The Labute approximate surface area is 131 Å². The number of nitrogens with one attached hydrogen (secondary N) is 1. The molecular formula is C17H26BrNO. The molecule has 0 radical (unpaired) electrons. The zero-order valence-corrected chi connectivity index (χ0v) is 14.4. The van der Waals surface area contributed by atoms with Crippen LogP contribution in [0.25, 0.3) is 0 Å². The van der Waals surface area contributed by atoms with Gasteiger partial charge in [0, 0.05) is 22.6 Å². The van der Waals surface area contributed by atoms with Gasteiger partial charge in [0.25, 0.3) is 0 Å². The van der Waals surface area contributed by atoms with Gasteiger partial charge in [0.1, 0.15) is 5.75 Å². The minimum atomic E-state index is 0.497. The van der Waals surface area contributed by atoms with Crippen LogP contribution in [0.5, 0.6) is 5.75 Å². The summed E-state index contributed by atoms with van der Waals surface area (Å²) in [4.78, 5) is 0. The topological polar surface area (TPSA) is 21.3 Å². The lowest BCUT2D eigenvalue weighted by Gasteiger charge is -2.19. The van der Waals surface area contributed by atoms with Crippen molar-refractivity contribution >= 4 is 15.9 Å². The monoisotopic (exact) mass is 339 g/mol. The van der Waals surface area contributed by atoms with E-state index in [4.69, 9.17) is 4.74 Å². The summed E-state index contributed by atoms with van der Waals surface area (Å²) >= 11 is 3.55. The molecule has 1 aromatic carbocycles. The fourth-order valence-corrected chi connectivity index (χ4v) is 3.31. The summed E-state index contributed by atoms with van der Waals surface area (Å²) < 4.78 is 6.95. The number of ether oxygens (including phenoxy) is 1. The molecule has 0 aliphatic heterocycles. The molecule has 2 rings (SSSR count). The van der Waals surface area contributed by atoms with E-state index in [1.165, 1.54) is 24.8 Å². The number of hydrogen-bond acceptors (Lipinski definition) is 2. The molecule has 0 bridgehead atoms. The third-order valence-corrected chi connectivity index (χ3v) is 4.53. The Kier molecular flexibility index (Phi) is 5.50. The van der Waals surface area contributed by atoms with Crippen LogP contribution in [0.4, 0.5) is 0 Å². The highest BCUT2D eigenvalue weighted by atomic mass is 79.9. The summed E-state index contributed by atoms with van der Waals surface area (Å²) in [6.07, 6.45) is 4.92. The largest absolute Gasteiger partial charge is 0.493 e. The van der Waals surface area contributed by atoms with E-state index >= 15 is 0 Å². The van der Waals surface area contributed by atoms with Crippen molar-refractivity contribution in [2.45, 2.75) is 59.0 Å². The Hall–Kier alpha value is -0.540. The zero-order chi connectivity index (χ0) is 14.6. The van der Waals surface area contributed by atoms with Crippen LogP contribution in [-0.4, -0.2) is 12.6 Å². The first-order valence-corrected chi connectivity index (χ1v) is 8.44. The highest BCUT2D eigenvalue weighted by Crippen LogP contribution is 2.37. The van der Waals surface area contributed by atoms with Gasteiger partial charge in [-0.1, -0.05) is 36.7 Å². The minimum Gasteiger partial charge on any atom is -0.493 e. The molecule has 0 spiro atoms. The highest BCUT2D eigenvalue weighted by molar-refractivity contribution is 9.10. The van der Waals surface area contributed by atoms with Gasteiger partial charge in [-0.05, 0) is 49.3 Å². The van der Waals surface area contributed by atoms with Crippen LogP contribution in [0.15, 0.2) is 22.7 Å². The maximum atomic E-state index is 5.84. The second-order valence-corrected chi connectivity index (χ2v) is 7.50. The molecule has 0 saturated heterocycles. The van der Waals surface area contributed by atoms with E-state index < -0.39 is 0 Å². The van der Waals surface area contributed by atoms with E-state index in [1.54, 1.807) is 0 Å². The first-order chi connectivity index (χ1) is 9.50. The molecule has 112 valence electrons. The van der Waals surface area contributed by atoms with Crippen molar-refractivity contribution in [2.24, 2.45) is 5.41 Å². The second kappa shape index (κ2) is 6.95. The number of rotatable bonds is 6. The normalized spacial score (nSPS) is 21.1. The Morgan fingerprint density at radius 2 is 2.20 bits per heavy atom. The van der Waals surface area contributed by atoms with Crippen molar-refractivity contribution < 1.29 is 4.74 Å². The van der Waals surface area contributed by atoms with Crippen LogP contribution in [0.1, 0.15) is 52.0 Å². The standard InChI is InChI=1S/C17H26BrNO/c1-4-9-20-16-6-5-14(18)10-13(16)12-19-15-7-8-17(2,3)11-15/h5-6,10,15,19H,4,7-9,11-12H2,1-3H3. The van der Waals surface area contributed by atoms with Crippen LogP contribution >= 0.6 is 15.9 Å².